The fourth-order valence-corrected chi connectivity index (χ4v) is 0.856. The van der Waals surface area contributed by atoms with Crippen LogP contribution in [-0.4, -0.2) is 4.98 Å². The Morgan fingerprint density at radius 1 is 1.50 bits per heavy atom. The Hall–Kier alpha value is -0.210. The van der Waals surface area contributed by atoms with Crippen molar-refractivity contribution in [3.63, 3.8) is 0 Å². The Labute approximate surface area is 58.1 Å². The first-order valence-electron chi connectivity index (χ1n) is 2.08. The van der Waals surface area contributed by atoms with E-state index in [1.54, 1.807) is 18.5 Å². The van der Waals surface area contributed by atoms with Gasteiger partial charge in [-0.3, -0.25) is 4.98 Å². The molecule has 42 valence electrons. The molecule has 1 nitrogen and oxygen atoms in total. The van der Waals surface area contributed by atoms with Crippen molar-refractivity contribution in [1.29, 1.82) is 0 Å². The first-order chi connectivity index (χ1) is 3.79. The lowest BCUT2D eigenvalue weighted by atomic mass is 10.5. The van der Waals surface area contributed by atoms with E-state index in [0.717, 1.165) is 4.90 Å². The Morgan fingerprint density at radius 2 is 2.25 bits per heavy atom. The summed E-state index contributed by atoms with van der Waals surface area (Å²) < 4.78 is 0. The number of nitrogens with zero attached hydrogens (tertiary/aromatic N) is 1. The summed E-state index contributed by atoms with van der Waals surface area (Å²) in [5.74, 6) is 0. The SMILES string of the molecule is Sc1cncc(Cl)c1. The van der Waals surface area contributed by atoms with Gasteiger partial charge >= 0.3 is 0 Å². The van der Waals surface area contributed by atoms with Crippen molar-refractivity contribution in [2.24, 2.45) is 0 Å². The third kappa shape index (κ3) is 1.39. The van der Waals surface area contributed by atoms with Crippen LogP contribution in [0.5, 0.6) is 0 Å². The van der Waals surface area contributed by atoms with Gasteiger partial charge in [0.1, 0.15) is 0 Å². The molecule has 1 aromatic rings. The number of thiol groups is 1. The predicted octanol–water partition coefficient (Wildman–Crippen LogP) is 2.02. The molecule has 0 N–H and O–H groups in total. The van der Waals surface area contributed by atoms with Crippen LogP contribution in [0, 0.1) is 0 Å². The van der Waals surface area contributed by atoms with Crippen LogP contribution in [0.3, 0.4) is 0 Å². The normalized spacial score (nSPS) is 9.25. The molecule has 0 saturated heterocycles. The molecule has 0 amide bonds. The molecule has 0 saturated carbocycles. The molecule has 0 aromatic carbocycles. The van der Waals surface area contributed by atoms with E-state index >= 15 is 0 Å². The minimum absolute atomic E-state index is 0.623. The highest BCUT2D eigenvalue weighted by Crippen LogP contribution is 2.10. The van der Waals surface area contributed by atoms with Crippen LogP contribution < -0.4 is 0 Å². The summed E-state index contributed by atoms with van der Waals surface area (Å²) in [6, 6.07) is 1.73. The summed E-state index contributed by atoms with van der Waals surface area (Å²) in [4.78, 5) is 4.56. The van der Waals surface area contributed by atoms with Gasteiger partial charge in [-0.1, -0.05) is 11.6 Å². The largest absolute Gasteiger partial charge is 0.262 e. The maximum absolute atomic E-state index is 5.53. The summed E-state index contributed by atoms with van der Waals surface area (Å²) in [5.41, 5.74) is 0. The highest BCUT2D eigenvalue weighted by Gasteiger charge is 1.85. The molecular formula is C5H4ClNS. The monoisotopic (exact) mass is 145 g/mol. The summed E-state index contributed by atoms with van der Waals surface area (Å²) >= 11 is 9.54. The van der Waals surface area contributed by atoms with E-state index in [1.165, 1.54) is 0 Å². The summed E-state index contributed by atoms with van der Waals surface area (Å²) in [6.07, 6.45) is 3.20. The van der Waals surface area contributed by atoms with E-state index in [9.17, 15) is 0 Å². The lowest BCUT2D eigenvalue weighted by Crippen LogP contribution is -1.69. The number of halogens is 1. The number of hydrogen-bond acceptors (Lipinski definition) is 2. The van der Waals surface area contributed by atoms with Crippen molar-refractivity contribution in [1.82, 2.24) is 4.98 Å². The molecule has 1 aromatic heterocycles. The van der Waals surface area contributed by atoms with Gasteiger partial charge in [-0.2, -0.15) is 0 Å². The maximum atomic E-state index is 5.53. The molecule has 0 atom stereocenters. The van der Waals surface area contributed by atoms with E-state index in [0.29, 0.717) is 5.02 Å². The van der Waals surface area contributed by atoms with Gasteiger partial charge in [0.2, 0.25) is 0 Å². The number of rotatable bonds is 0. The van der Waals surface area contributed by atoms with E-state index in [1.807, 2.05) is 0 Å². The van der Waals surface area contributed by atoms with Crippen LogP contribution in [0.2, 0.25) is 5.02 Å². The summed E-state index contributed by atoms with van der Waals surface area (Å²) in [5, 5.41) is 0.623. The Balaban J connectivity index is 3.08. The van der Waals surface area contributed by atoms with E-state index in [-0.39, 0.29) is 0 Å². The fourth-order valence-electron chi connectivity index (χ4n) is 0.401. The molecule has 0 radical (unpaired) electrons. The maximum Gasteiger partial charge on any atom is 0.0600 e. The minimum Gasteiger partial charge on any atom is -0.262 e. The molecule has 0 aliphatic heterocycles. The van der Waals surface area contributed by atoms with Gasteiger partial charge in [0.15, 0.2) is 0 Å². The molecule has 0 aliphatic carbocycles. The third-order valence-electron chi connectivity index (χ3n) is 0.690. The smallest absolute Gasteiger partial charge is 0.0600 e. The predicted molar refractivity (Wildman–Crippen MR) is 36.5 cm³/mol. The number of pyridine rings is 1. The van der Waals surface area contributed by atoms with Crippen LogP contribution in [0.1, 0.15) is 0 Å². The van der Waals surface area contributed by atoms with Gasteiger partial charge in [-0.15, -0.1) is 12.6 Å². The lowest BCUT2D eigenvalue weighted by molar-refractivity contribution is 1.24. The molecule has 3 heteroatoms. The second-order valence-corrected chi connectivity index (χ2v) is 2.31. The zero-order valence-corrected chi connectivity index (χ0v) is 5.65. The highest BCUT2D eigenvalue weighted by molar-refractivity contribution is 7.80. The van der Waals surface area contributed by atoms with Gasteiger partial charge in [0, 0.05) is 17.3 Å². The zero-order valence-electron chi connectivity index (χ0n) is 4.00. The molecule has 0 spiro atoms. The van der Waals surface area contributed by atoms with Crippen LogP contribution in [0.25, 0.3) is 0 Å². The highest BCUT2D eigenvalue weighted by atomic mass is 35.5. The Morgan fingerprint density at radius 3 is 2.62 bits per heavy atom. The molecule has 0 aliphatic rings. The van der Waals surface area contributed by atoms with Gasteiger partial charge < -0.3 is 0 Å². The van der Waals surface area contributed by atoms with Crippen LogP contribution in [-0.2, 0) is 0 Å². The standard InChI is InChI=1S/C5H4ClNS/c6-4-1-5(8)3-7-2-4/h1-3,8H. The van der Waals surface area contributed by atoms with Crippen LogP contribution in [0.15, 0.2) is 23.4 Å². The average molecular weight is 146 g/mol. The number of aromatic nitrogens is 1. The van der Waals surface area contributed by atoms with Crippen molar-refractivity contribution in [2.75, 3.05) is 0 Å². The van der Waals surface area contributed by atoms with Crippen molar-refractivity contribution in [3.8, 4) is 0 Å². The molecule has 0 fully saturated rings. The van der Waals surface area contributed by atoms with Crippen molar-refractivity contribution >= 4 is 24.2 Å². The second-order valence-electron chi connectivity index (χ2n) is 1.36. The topological polar surface area (TPSA) is 12.9 Å². The lowest BCUT2D eigenvalue weighted by Gasteiger charge is -1.87. The van der Waals surface area contributed by atoms with Gasteiger partial charge in [0.25, 0.3) is 0 Å². The average Bonchev–Trinajstić information content (AvgIpc) is 1.64. The van der Waals surface area contributed by atoms with Gasteiger partial charge in [0.05, 0.1) is 5.02 Å². The van der Waals surface area contributed by atoms with E-state index in [2.05, 4.69) is 17.6 Å². The quantitative estimate of drug-likeness (QED) is 0.552. The van der Waals surface area contributed by atoms with E-state index < -0.39 is 0 Å². The van der Waals surface area contributed by atoms with Gasteiger partial charge in [-0.05, 0) is 6.07 Å². The first kappa shape index (κ1) is 5.92. The van der Waals surface area contributed by atoms with Crippen LogP contribution >= 0.6 is 24.2 Å². The minimum atomic E-state index is 0.623. The van der Waals surface area contributed by atoms with Crippen molar-refractivity contribution in [3.05, 3.63) is 23.5 Å². The second kappa shape index (κ2) is 2.37. The third-order valence-corrected chi connectivity index (χ3v) is 1.14. The van der Waals surface area contributed by atoms with E-state index in [4.69, 9.17) is 11.6 Å². The van der Waals surface area contributed by atoms with Crippen molar-refractivity contribution in [2.45, 2.75) is 4.90 Å². The Kier molecular flexibility index (Phi) is 1.76. The molecular weight excluding hydrogens is 142 g/mol. The molecule has 8 heavy (non-hydrogen) atoms. The van der Waals surface area contributed by atoms with Crippen LogP contribution in [0.4, 0.5) is 0 Å². The Bertz CT molecular complexity index is 172. The first-order valence-corrected chi connectivity index (χ1v) is 2.91. The molecule has 1 rings (SSSR count). The number of hydrogen-bond donors (Lipinski definition) is 1. The molecule has 0 bridgehead atoms. The van der Waals surface area contributed by atoms with Crippen molar-refractivity contribution < 1.29 is 0 Å². The van der Waals surface area contributed by atoms with Gasteiger partial charge in [-0.25, -0.2) is 0 Å². The summed E-state index contributed by atoms with van der Waals surface area (Å²) in [7, 11) is 0. The molecule has 1 heterocycles. The fraction of sp³-hybridized carbons (Fsp3) is 0. The molecule has 0 unspecified atom stereocenters. The zero-order chi connectivity index (χ0) is 5.98. The summed E-state index contributed by atoms with van der Waals surface area (Å²) in [6.45, 7) is 0.